The number of nitrogens with zero attached hydrogens (tertiary/aromatic N) is 1. The van der Waals surface area contributed by atoms with Crippen LogP contribution in [0.15, 0.2) is 24.3 Å². The van der Waals surface area contributed by atoms with Gasteiger partial charge < -0.3 is 0 Å². The Bertz CT molecular complexity index is 491. The predicted molar refractivity (Wildman–Crippen MR) is 75.4 cm³/mol. The molecule has 2 fully saturated rings. The van der Waals surface area contributed by atoms with Crippen molar-refractivity contribution in [3.05, 3.63) is 39.9 Å². The smallest absolute Gasteiger partial charge is 0.258 e. The number of para-hydroxylation sites is 1. The molecule has 0 amide bonds. The van der Waals surface area contributed by atoms with Crippen LogP contribution in [0.5, 0.6) is 0 Å². The van der Waals surface area contributed by atoms with E-state index in [1.807, 2.05) is 12.1 Å². The summed E-state index contributed by atoms with van der Waals surface area (Å²) >= 11 is 6.57. The summed E-state index contributed by atoms with van der Waals surface area (Å²) in [5.74, 6) is 2.18. The van der Waals surface area contributed by atoms with Crippen molar-refractivity contribution in [1.82, 2.24) is 0 Å². The highest BCUT2D eigenvalue weighted by molar-refractivity contribution is 6.21. The highest BCUT2D eigenvalue weighted by atomic mass is 35.5. The van der Waals surface area contributed by atoms with Gasteiger partial charge in [-0.2, -0.15) is 0 Å². The second kappa shape index (κ2) is 5.12. The summed E-state index contributed by atoms with van der Waals surface area (Å²) in [6, 6.07) is 6.97. The van der Waals surface area contributed by atoms with E-state index in [0.717, 1.165) is 17.4 Å². The molecule has 19 heavy (non-hydrogen) atoms. The molecule has 1 aromatic rings. The molecule has 0 radical (unpaired) electrons. The lowest BCUT2D eigenvalue weighted by Crippen LogP contribution is -2.23. The lowest BCUT2D eigenvalue weighted by atomic mass is 9.84. The van der Waals surface area contributed by atoms with Crippen LogP contribution >= 0.6 is 11.6 Å². The maximum atomic E-state index is 11.0. The van der Waals surface area contributed by atoms with Crippen molar-refractivity contribution in [1.29, 1.82) is 0 Å². The van der Waals surface area contributed by atoms with Crippen LogP contribution in [0.3, 0.4) is 0 Å². The van der Waals surface area contributed by atoms with Crippen molar-refractivity contribution in [3.8, 4) is 0 Å². The van der Waals surface area contributed by atoms with Gasteiger partial charge in [-0.15, -0.1) is 11.6 Å². The molecule has 102 valence electrons. The highest BCUT2D eigenvalue weighted by Gasteiger charge is 2.42. The van der Waals surface area contributed by atoms with Gasteiger partial charge in [-0.3, -0.25) is 10.1 Å². The maximum absolute atomic E-state index is 11.0. The highest BCUT2D eigenvalue weighted by Crippen LogP contribution is 2.51. The standard InChI is InChI=1S/C15H18ClNO2/c16-14(13-8-10-5-6-11(13)7-10)9-12-3-1-2-4-15(12)17(18)19/h1-4,10-11,13-14H,5-9H2. The van der Waals surface area contributed by atoms with E-state index in [2.05, 4.69) is 0 Å². The van der Waals surface area contributed by atoms with E-state index in [1.54, 1.807) is 12.1 Å². The van der Waals surface area contributed by atoms with Crippen molar-refractivity contribution in [2.24, 2.45) is 17.8 Å². The molecule has 0 spiro atoms. The van der Waals surface area contributed by atoms with E-state index >= 15 is 0 Å². The Morgan fingerprint density at radius 1 is 1.32 bits per heavy atom. The van der Waals surface area contributed by atoms with Gasteiger partial charge in [-0.25, -0.2) is 0 Å². The van der Waals surface area contributed by atoms with Crippen LogP contribution in [0.2, 0.25) is 0 Å². The molecular weight excluding hydrogens is 262 g/mol. The van der Waals surface area contributed by atoms with Gasteiger partial charge in [0.25, 0.3) is 5.69 Å². The largest absolute Gasteiger partial charge is 0.272 e. The molecule has 4 heteroatoms. The molecule has 4 atom stereocenters. The third kappa shape index (κ3) is 2.48. The Labute approximate surface area is 118 Å². The number of nitro groups is 1. The first-order chi connectivity index (χ1) is 9.15. The Morgan fingerprint density at radius 2 is 2.11 bits per heavy atom. The molecule has 0 aromatic heterocycles. The second-order valence-corrected chi connectivity index (χ2v) is 6.51. The first-order valence-electron chi connectivity index (χ1n) is 7.01. The Hall–Kier alpha value is -1.09. The zero-order valence-corrected chi connectivity index (χ0v) is 11.6. The minimum atomic E-state index is -0.306. The van der Waals surface area contributed by atoms with Crippen LogP contribution in [-0.2, 0) is 6.42 Å². The third-order valence-corrected chi connectivity index (χ3v) is 5.34. The number of halogens is 1. The molecule has 0 saturated heterocycles. The summed E-state index contributed by atoms with van der Waals surface area (Å²) in [5, 5.41) is 11.1. The van der Waals surface area contributed by atoms with Gasteiger partial charge in [0.2, 0.25) is 0 Å². The summed E-state index contributed by atoms with van der Waals surface area (Å²) in [5.41, 5.74) is 0.978. The van der Waals surface area contributed by atoms with Gasteiger partial charge in [0.1, 0.15) is 0 Å². The number of fused-ring (bicyclic) bond motifs is 2. The van der Waals surface area contributed by atoms with Gasteiger partial charge in [-0.05, 0) is 43.4 Å². The van der Waals surface area contributed by atoms with Crippen molar-refractivity contribution >= 4 is 17.3 Å². The van der Waals surface area contributed by atoms with E-state index in [0.29, 0.717) is 12.3 Å². The number of rotatable bonds is 4. The van der Waals surface area contributed by atoms with Gasteiger partial charge in [0.05, 0.1) is 4.92 Å². The van der Waals surface area contributed by atoms with E-state index < -0.39 is 0 Å². The lowest BCUT2D eigenvalue weighted by molar-refractivity contribution is -0.385. The Morgan fingerprint density at radius 3 is 2.74 bits per heavy atom. The van der Waals surface area contributed by atoms with Gasteiger partial charge >= 0.3 is 0 Å². The Kier molecular flexibility index (Phi) is 3.48. The van der Waals surface area contributed by atoms with Gasteiger partial charge in [0, 0.05) is 17.0 Å². The quantitative estimate of drug-likeness (QED) is 0.471. The maximum Gasteiger partial charge on any atom is 0.272 e. The van der Waals surface area contributed by atoms with Gasteiger partial charge in [0.15, 0.2) is 0 Å². The van der Waals surface area contributed by atoms with Crippen molar-refractivity contribution in [3.63, 3.8) is 0 Å². The Balaban J connectivity index is 1.73. The first-order valence-corrected chi connectivity index (χ1v) is 7.45. The molecule has 2 aliphatic rings. The summed E-state index contributed by atoms with van der Waals surface area (Å²) < 4.78 is 0. The second-order valence-electron chi connectivity index (χ2n) is 5.94. The molecule has 2 saturated carbocycles. The van der Waals surface area contributed by atoms with Crippen LogP contribution < -0.4 is 0 Å². The van der Waals surface area contributed by atoms with Crippen molar-refractivity contribution in [2.45, 2.75) is 37.5 Å². The SMILES string of the molecule is O=[N+]([O-])c1ccccc1CC(Cl)C1CC2CCC1C2. The average Bonchev–Trinajstić information content (AvgIpc) is 3.01. The number of hydrogen-bond acceptors (Lipinski definition) is 2. The lowest BCUT2D eigenvalue weighted by Gasteiger charge is -2.26. The van der Waals surface area contributed by atoms with E-state index in [9.17, 15) is 10.1 Å². The van der Waals surface area contributed by atoms with Crippen LogP contribution in [0.4, 0.5) is 5.69 Å². The fourth-order valence-corrected chi connectivity index (χ4v) is 4.43. The normalized spacial score (nSPS) is 30.5. The molecule has 0 aliphatic heterocycles. The van der Waals surface area contributed by atoms with E-state index in [-0.39, 0.29) is 16.0 Å². The molecule has 2 aliphatic carbocycles. The molecule has 2 bridgehead atoms. The molecule has 0 heterocycles. The van der Waals surface area contributed by atoms with Gasteiger partial charge in [-0.1, -0.05) is 24.6 Å². The minimum Gasteiger partial charge on any atom is -0.258 e. The minimum absolute atomic E-state index is 0.0383. The summed E-state index contributed by atoms with van der Waals surface area (Å²) in [4.78, 5) is 10.7. The number of benzene rings is 1. The molecule has 4 unspecified atom stereocenters. The van der Waals surface area contributed by atoms with Crippen molar-refractivity contribution in [2.75, 3.05) is 0 Å². The number of nitro benzene ring substituents is 1. The van der Waals surface area contributed by atoms with Crippen LogP contribution in [0, 0.1) is 27.9 Å². The van der Waals surface area contributed by atoms with Crippen LogP contribution in [0.1, 0.15) is 31.2 Å². The van der Waals surface area contributed by atoms with E-state index in [4.69, 9.17) is 11.6 Å². The summed E-state index contributed by atoms with van der Waals surface area (Å²) in [6.07, 6.45) is 5.82. The number of alkyl halides is 1. The number of hydrogen-bond donors (Lipinski definition) is 0. The predicted octanol–water partition coefficient (Wildman–Crippen LogP) is 4.18. The van der Waals surface area contributed by atoms with Crippen LogP contribution in [-0.4, -0.2) is 10.3 Å². The fourth-order valence-electron chi connectivity index (χ4n) is 3.96. The monoisotopic (exact) mass is 279 g/mol. The van der Waals surface area contributed by atoms with Crippen molar-refractivity contribution < 1.29 is 4.92 Å². The zero-order chi connectivity index (χ0) is 13.4. The molecule has 3 rings (SSSR count). The molecule has 1 aromatic carbocycles. The summed E-state index contributed by atoms with van der Waals surface area (Å²) in [6.45, 7) is 0. The average molecular weight is 280 g/mol. The zero-order valence-electron chi connectivity index (χ0n) is 10.8. The summed E-state index contributed by atoms with van der Waals surface area (Å²) in [7, 11) is 0. The third-order valence-electron chi connectivity index (χ3n) is 4.86. The topological polar surface area (TPSA) is 43.1 Å². The van der Waals surface area contributed by atoms with Crippen LogP contribution in [0.25, 0.3) is 0 Å². The van der Waals surface area contributed by atoms with E-state index in [1.165, 1.54) is 25.7 Å². The fraction of sp³-hybridized carbons (Fsp3) is 0.600. The molecule has 0 N–H and O–H groups in total. The first kappa shape index (κ1) is 12.9. The molecular formula is C15H18ClNO2. The molecule has 3 nitrogen and oxygen atoms in total.